The molecule has 0 spiro atoms. The Morgan fingerprint density at radius 2 is 1.98 bits per heavy atom. The van der Waals surface area contributed by atoms with Gasteiger partial charge in [0.15, 0.2) is 5.11 Å². The molecule has 2 aromatic carbocycles. The summed E-state index contributed by atoms with van der Waals surface area (Å²) in [6.07, 6.45) is 4.08. The van der Waals surface area contributed by atoms with Crippen molar-refractivity contribution in [2.24, 2.45) is 0 Å². The largest absolute Gasteiger partial charge is 0.375 e. The summed E-state index contributed by atoms with van der Waals surface area (Å²) in [6, 6.07) is 15.5. The topological polar surface area (TPSA) is 69.7 Å². The fraction of sp³-hybridized carbons (Fsp3) is 0.323. The smallest absolute Gasteiger partial charge is 0.250 e. The highest BCUT2D eigenvalue weighted by Gasteiger charge is 2.42. The van der Waals surface area contributed by atoms with Gasteiger partial charge < -0.3 is 25.2 Å². The number of pyridine rings is 1. The van der Waals surface area contributed by atoms with Crippen LogP contribution in [0.15, 0.2) is 60.8 Å². The Balaban J connectivity index is 1.63. The van der Waals surface area contributed by atoms with Gasteiger partial charge in [-0.15, -0.1) is 0 Å². The van der Waals surface area contributed by atoms with Gasteiger partial charge in [0, 0.05) is 48.0 Å². The Hall–Kier alpha value is -3.46. The SMILES string of the molecule is COCC(=O)Nc1ccc(N2C(=S)N[C@@H](c3ccccn3)[C@@H]2c2cc3c(cc2Cl)N(C)C(C)(C)C=C3C)cc1C. The number of carbonyl (C=O) groups is 1. The summed E-state index contributed by atoms with van der Waals surface area (Å²) in [4.78, 5) is 21.2. The number of nitrogens with zero attached hydrogens (tertiary/aromatic N) is 3. The predicted octanol–water partition coefficient (Wildman–Crippen LogP) is 6.44. The third-order valence-electron chi connectivity index (χ3n) is 7.79. The minimum absolute atomic E-state index is 0.00772. The van der Waals surface area contributed by atoms with E-state index in [1.165, 1.54) is 12.7 Å². The molecule has 2 N–H and O–H groups in total. The number of likely N-dealkylation sites (N-methyl/N-ethyl adjacent to an activating group) is 1. The number of halogens is 1. The van der Waals surface area contributed by atoms with Crippen molar-refractivity contribution in [1.82, 2.24) is 10.3 Å². The molecule has 3 aromatic rings. The number of benzene rings is 2. The molecule has 40 heavy (non-hydrogen) atoms. The van der Waals surface area contributed by atoms with Gasteiger partial charge in [0.2, 0.25) is 5.91 Å². The molecule has 2 aliphatic rings. The van der Waals surface area contributed by atoms with Crippen LogP contribution in [0.3, 0.4) is 0 Å². The lowest BCUT2D eigenvalue weighted by molar-refractivity contribution is -0.119. The molecular formula is C31H34ClN5O2S. The van der Waals surface area contributed by atoms with E-state index in [2.05, 4.69) is 71.4 Å². The van der Waals surface area contributed by atoms with E-state index in [1.807, 2.05) is 43.3 Å². The first-order valence-corrected chi connectivity index (χ1v) is 14.0. The zero-order valence-corrected chi connectivity index (χ0v) is 25.2. The Kier molecular flexibility index (Phi) is 7.61. The maximum atomic E-state index is 12.1. The van der Waals surface area contributed by atoms with E-state index < -0.39 is 0 Å². The van der Waals surface area contributed by atoms with Crippen molar-refractivity contribution in [3.8, 4) is 0 Å². The van der Waals surface area contributed by atoms with Crippen LogP contribution >= 0.6 is 23.8 Å². The second-order valence-electron chi connectivity index (χ2n) is 10.9. The number of ether oxygens (including phenoxy) is 1. The second kappa shape index (κ2) is 10.8. The van der Waals surface area contributed by atoms with E-state index in [0.29, 0.717) is 10.1 Å². The lowest BCUT2D eigenvalue weighted by Crippen LogP contribution is -2.42. The maximum absolute atomic E-state index is 12.1. The molecule has 1 saturated heterocycles. The van der Waals surface area contributed by atoms with E-state index in [0.717, 1.165) is 39.4 Å². The number of anilines is 3. The van der Waals surface area contributed by atoms with E-state index in [1.54, 1.807) is 6.20 Å². The quantitative estimate of drug-likeness (QED) is 0.328. The number of thiocarbonyl (C=S) groups is 1. The number of allylic oxidation sites excluding steroid dienone is 1. The van der Waals surface area contributed by atoms with Crippen molar-refractivity contribution in [2.75, 3.05) is 35.9 Å². The molecule has 0 aliphatic carbocycles. The zero-order chi connectivity index (χ0) is 28.8. The van der Waals surface area contributed by atoms with E-state index in [9.17, 15) is 4.79 Å². The van der Waals surface area contributed by atoms with Crippen LogP contribution in [0.25, 0.3) is 5.57 Å². The molecule has 3 heterocycles. The van der Waals surface area contributed by atoms with Gasteiger partial charge in [0.25, 0.3) is 0 Å². The van der Waals surface area contributed by atoms with Gasteiger partial charge in [-0.25, -0.2) is 0 Å². The number of amides is 1. The number of nitrogens with one attached hydrogen (secondary N) is 2. The summed E-state index contributed by atoms with van der Waals surface area (Å²) in [5, 5.41) is 7.66. The van der Waals surface area contributed by atoms with Crippen molar-refractivity contribution in [1.29, 1.82) is 0 Å². The van der Waals surface area contributed by atoms with Crippen LogP contribution in [0.1, 0.15) is 55.2 Å². The normalized spacial score (nSPS) is 19.7. The van der Waals surface area contributed by atoms with Crippen molar-refractivity contribution in [3.05, 3.63) is 88.2 Å². The summed E-state index contributed by atoms with van der Waals surface area (Å²) in [5.41, 5.74) is 7.67. The highest BCUT2D eigenvalue weighted by molar-refractivity contribution is 7.80. The molecule has 0 saturated carbocycles. The molecule has 7 nitrogen and oxygen atoms in total. The van der Waals surface area contributed by atoms with Gasteiger partial charge in [-0.2, -0.15) is 0 Å². The molecule has 9 heteroatoms. The lowest BCUT2D eigenvalue weighted by atomic mass is 9.86. The molecule has 0 bridgehead atoms. The molecule has 0 unspecified atom stereocenters. The molecule has 1 amide bonds. The number of fused-ring (bicyclic) bond motifs is 1. The van der Waals surface area contributed by atoms with E-state index in [4.69, 9.17) is 28.6 Å². The van der Waals surface area contributed by atoms with Crippen LogP contribution < -0.4 is 20.4 Å². The van der Waals surface area contributed by atoms with Gasteiger partial charge in [-0.3, -0.25) is 9.78 Å². The lowest BCUT2D eigenvalue weighted by Gasteiger charge is -2.41. The fourth-order valence-corrected chi connectivity index (χ4v) is 6.23. The standard InChI is InChI=1S/C31H34ClN5O2S/c1-18-13-20(10-11-24(18)34-27(38)17-39-6)37-29(28(35-30(37)40)25-9-7-8-12-33-25)22-14-21-19(2)16-31(3,4)36(5)26(21)15-23(22)32/h7-16,28-29H,17H2,1-6H3,(H,34,38)(H,35,40)/t28-,29-/m0/s1. The monoisotopic (exact) mass is 575 g/mol. The summed E-state index contributed by atoms with van der Waals surface area (Å²) in [6.45, 7) is 8.50. The van der Waals surface area contributed by atoms with Crippen molar-refractivity contribution >= 4 is 57.5 Å². The summed E-state index contributed by atoms with van der Waals surface area (Å²) >= 11 is 13.1. The number of aryl methyl sites for hydroxylation is 1. The van der Waals surface area contributed by atoms with Gasteiger partial charge >= 0.3 is 0 Å². The number of methoxy groups -OCH3 is 1. The molecule has 1 fully saturated rings. The number of aromatic nitrogens is 1. The third kappa shape index (κ3) is 5.07. The number of hydrogen-bond acceptors (Lipinski definition) is 5. The molecule has 5 rings (SSSR count). The Morgan fingerprint density at radius 3 is 2.65 bits per heavy atom. The third-order valence-corrected chi connectivity index (χ3v) is 8.43. The van der Waals surface area contributed by atoms with Gasteiger partial charge in [-0.1, -0.05) is 23.7 Å². The Morgan fingerprint density at radius 1 is 1.20 bits per heavy atom. The van der Waals surface area contributed by atoms with Crippen LogP contribution in [-0.4, -0.2) is 42.3 Å². The molecule has 2 atom stereocenters. The summed E-state index contributed by atoms with van der Waals surface area (Å²) in [5.74, 6) is -0.206. The maximum Gasteiger partial charge on any atom is 0.250 e. The average molecular weight is 576 g/mol. The molecule has 2 aliphatic heterocycles. The van der Waals surface area contributed by atoms with Crippen LogP contribution in [0.2, 0.25) is 5.02 Å². The summed E-state index contributed by atoms with van der Waals surface area (Å²) < 4.78 is 4.96. The predicted molar refractivity (Wildman–Crippen MR) is 167 cm³/mol. The average Bonchev–Trinajstić information content (AvgIpc) is 3.25. The minimum atomic E-state index is -0.262. The highest BCUT2D eigenvalue weighted by Crippen LogP contribution is 2.48. The molecule has 208 valence electrons. The highest BCUT2D eigenvalue weighted by atomic mass is 35.5. The first-order valence-electron chi connectivity index (χ1n) is 13.2. The first kappa shape index (κ1) is 28.1. The van der Waals surface area contributed by atoms with Gasteiger partial charge in [0.05, 0.1) is 23.3 Å². The Labute approximate surface area is 246 Å². The molecule has 0 radical (unpaired) electrons. The minimum Gasteiger partial charge on any atom is -0.375 e. The van der Waals surface area contributed by atoms with Crippen molar-refractivity contribution in [3.63, 3.8) is 0 Å². The van der Waals surface area contributed by atoms with Crippen molar-refractivity contribution < 1.29 is 9.53 Å². The summed E-state index contributed by atoms with van der Waals surface area (Å²) in [7, 11) is 3.60. The number of carbonyl (C=O) groups excluding carboxylic acids is 1. The van der Waals surface area contributed by atoms with E-state index in [-0.39, 0.29) is 30.1 Å². The van der Waals surface area contributed by atoms with Gasteiger partial charge in [0.1, 0.15) is 6.61 Å². The van der Waals surface area contributed by atoms with Crippen LogP contribution in [0.5, 0.6) is 0 Å². The molecule has 1 aromatic heterocycles. The van der Waals surface area contributed by atoms with Gasteiger partial charge in [-0.05, 0) is 99.1 Å². The van der Waals surface area contributed by atoms with Crippen molar-refractivity contribution in [2.45, 2.75) is 45.3 Å². The fourth-order valence-electron chi connectivity index (χ4n) is 5.62. The zero-order valence-electron chi connectivity index (χ0n) is 23.6. The number of rotatable bonds is 6. The molecular weight excluding hydrogens is 542 g/mol. The number of hydrogen-bond donors (Lipinski definition) is 2. The van der Waals surface area contributed by atoms with Crippen LogP contribution in [0.4, 0.5) is 17.1 Å². The van der Waals surface area contributed by atoms with Crippen LogP contribution in [0, 0.1) is 6.92 Å². The van der Waals surface area contributed by atoms with Crippen LogP contribution in [-0.2, 0) is 9.53 Å². The first-order chi connectivity index (χ1) is 19.0. The van der Waals surface area contributed by atoms with E-state index >= 15 is 0 Å². The Bertz CT molecular complexity index is 1510. The second-order valence-corrected chi connectivity index (χ2v) is 11.7.